The quantitative estimate of drug-likeness (QED) is 0.365. The molecule has 0 aromatic heterocycles. The van der Waals surface area contributed by atoms with Crippen LogP contribution in [-0.2, 0) is 4.74 Å². The highest BCUT2D eigenvalue weighted by molar-refractivity contribution is 9.10. The van der Waals surface area contributed by atoms with E-state index >= 15 is 0 Å². The molecule has 2 amide bonds. The minimum Gasteiger partial charge on any atom is -0.434 e. The van der Waals surface area contributed by atoms with Gasteiger partial charge in [-0.2, -0.15) is 0 Å². The highest BCUT2D eigenvalue weighted by atomic mass is 79.9. The molecule has 0 saturated heterocycles. The van der Waals surface area contributed by atoms with Gasteiger partial charge in [0, 0.05) is 28.7 Å². The Bertz CT molecular complexity index is 806. The van der Waals surface area contributed by atoms with Gasteiger partial charge < -0.3 is 20.1 Å². The second-order valence-electron chi connectivity index (χ2n) is 5.68. The summed E-state index contributed by atoms with van der Waals surface area (Å²) in [6.07, 6.45) is -0.192. The second kappa shape index (κ2) is 11.1. The molecule has 0 unspecified atom stereocenters. The molecule has 0 fully saturated rings. The van der Waals surface area contributed by atoms with Crippen molar-refractivity contribution in [1.82, 2.24) is 10.6 Å². The molecule has 0 radical (unpaired) electrons. The van der Waals surface area contributed by atoms with E-state index in [0.717, 1.165) is 4.47 Å². The molecule has 2 aromatic rings. The molecule has 0 spiro atoms. The van der Waals surface area contributed by atoms with E-state index in [0.29, 0.717) is 36.4 Å². The third-order valence-electron chi connectivity index (χ3n) is 3.61. The van der Waals surface area contributed by atoms with Gasteiger partial charge in [0.05, 0.1) is 6.61 Å². The van der Waals surface area contributed by atoms with Crippen molar-refractivity contribution in [3.8, 4) is 5.75 Å². The zero-order valence-electron chi connectivity index (χ0n) is 15.4. The van der Waals surface area contributed by atoms with Crippen LogP contribution in [0.15, 0.2) is 53.0 Å². The van der Waals surface area contributed by atoms with Crippen molar-refractivity contribution in [2.45, 2.75) is 13.3 Å². The van der Waals surface area contributed by atoms with Crippen molar-refractivity contribution in [3.63, 3.8) is 0 Å². The summed E-state index contributed by atoms with van der Waals surface area (Å²) in [5.41, 5.74) is 1.02. The smallest absolute Gasteiger partial charge is 0.434 e. The highest BCUT2D eigenvalue weighted by Crippen LogP contribution is 2.13. The van der Waals surface area contributed by atoms with E-state index < -0.39 is 6.16 Å². The Morgan fingerprint density at radius 1 is 0.857 bits per heavy atom. The molecule has 0 aliphatic carbocycles. The van der Waals surface area contributed by atoms with Gasteiger partial charge in [0.2, 0.25) is 0 Å². The number of halogens is 1. The first kappa shape index (κ1) is 21.4. The van der Waals surface area contributed by atoms with Gasteiger partial charge in [0.15, 0.2) is 0 Å². The minimum absolute atomic E-state index is 0.156. The van der Waals surface area contributed by atoms with Gasteiger partial charge in [-0.05, 0) is 61.9 Å². The van der Waals surface area contributed by atoms with Crippen LogP contribution in [0.5, 0.6) is 5.75 Å². The lowest BCUT2D eigenvalue weighted by molar-refractivity contribution is 0.0951. The van der Waals surface area contributed by atoms with Gasteiger partial charge in [0.25, 0.3) is 11.8 Å². The fraction of sp³-hybridized carbons (Fsp3) is 0.250. The van der Waals surface area contributed by atoms with Crippen molar-refractivity contribution in [2.75, 3.05) is 19.7 Å². The van der Waals surface area contributed by atoms with Crippen LogP contribution in [-0.4, -0.2) is 37.7 Å². The molecule has 2 aromatic carbocycles. The molecule has 0 atom stereocenters. The first-order chi connectivity index (χ1) is 13.5. The summed E-state index contributed by atoms with van der Waals surface area (Å²) in [6.45, 7) is 2.77. The van der Waals surface area contributed by atoms with Gasteiger partial charge in [-0.3, -0.25) is 9.59 Å². The molecule has 7 nitrogen and oxygen atoms in total. The summed E-state index contributed by atoms with van der Waals surface area (Å²) in [4.78, 5) is 35.3. The Kier molecular flexibility index (Phi) is 8.48. The maximum atomic E-state index is 12.1. The van der Waals surface area contributed by atoms with E-state index in [1.54, 1.807) is 43.3 Å². The van der Waals surface area contributed by atoms with Crippen LogP contribution >= 0.6 is 15.9 Å². The van der Waals surface area contributed by atoms with Crippen LogP contribution in [0.2, 0.25) is 0 Å². The molecular weight excluding hydrogens is 428 g/mol. The van der Waals surface area contributed by atoms with Crippen LogP contribution in [0.3, 0.4) is 0 Å². The molecule has 0 aliphatic heterocycles. The van der Waals surface area contributed by atoms with Gasteiger partial charge in [-0.1, -0.05) is 15.9 Å². The maximum Gasteiger partial charge on any atom is 0.513 e. The summed E-state index contributed by atoms with van der Waals surface area (Å²) >= 11 is 3.32. The normalized spacial score (nSPS) is 10.1. The van der Waals surface area contributed by atoms with Gasteiger partial charge >= 0.3 is 6.16 Å². The van der Waals surface area contributed by atoms with Gasteiger partial charge in [0.1, 0.15) is 5.75 Å². The van der Waals surface area contributed by atoms with Crippen LogP contribution in [0, 0.1) is 0 Å². The van der Waals surface area contributed by atoms with Gasteiger partial charge in [-0.15, -0.1) is 0 Å². The first-order valence-electron chi connectivity index (χ1n) is 8.76. The van der Waals surface area contributed by atoms with E-state index in [9.17, 15) is 14.4 Å². The second-order valence-corrected chi connectivity index (χ2v) is 6.60. The number of amides is 2. The largest absolute Gasteiger partial charge is 0.513 e. The summed E-state index contributed by atoms with van der Waals surface area (Å²) in [5, 5.41) is 5.57. The lowest BCUT2D eigenvalue weighted by Gasteiger charge is -2.08. The van der Waals surface area contributed by atoms with Crippen molar-refractivity contribution in [2.24, 2.45) is 0 Å². The van der Waals surface area contributed by atoms with Crippen molar-refractivity contribution in [3.05, 3.63) is 64.1 Å². The molecule has 0 aliphatic rings. The third-order valence-corrected chi connectivity index (χ3v) is 4.14. The predicted molar refractivity (Wildman–Crippen MR) is 108 cm³/mol. The predicted octanol–water partition coefficient (Wildman–Crippen LogP) is 3.53. The standard InChI is InChI=1S/C20H21BrN2O5/c1-2-27-20(26)28-17-10-6-15(7-11-17)19(25)23-13-3-12-22-18(24)14-4-8-16(21)9-5-14/h4-11H,2-3,12-13H2,1H3,(H,22,24)(H,23,25). The average molecular weight is 449 g/mol. The zero-order valence-corrected chi connectivity index (χ0v) is 17.0. The van der Waals surface area contributed by atoms with Crippen LogP contribution in [0.1, 0.15) is 34.1 Å². The number of hydrogen-bond donors (Lipinski definition) is 2. The van der Waals surface area contributed by atoms with E-state index in [4.69, 9.17) is 4.74 Å². The van der Waals surface area contributed by atoms with E-state index in [-0.39, 0.29) is 18.4 Å². The lowest BCUT2D eigenvalue weighted by Crippen LogP contribution is -2.29. The molecule has 28 heavy (non-hydrogen) atoms. The lowest BCUT2D eigenvalue weighted by atomic mass is 10.2. The molecule has 2 rings (SSSR count). The number of ether oxygens (including phenoxy) is 2. The number of hydrogen-bond acceptors (Lipinski definition) is 5. The molecule has 2 N–H and O–H groups in total. The number of nitrogens with one attached hydrogen (secondary N) is 2. The Morgan fingerprint density at radius 3 is 1.86 bits per heavy atom. The zero-order chi connectivity index (χ0) is 20.4. The average Bonchev–Trinajstić information content (AvgIpc) is 2.68. The number of benzene rings is 2. The Labute approximate surface area is 171 Å². The van der Waals surface area contributed by atoms with E-state index in [2.05, 4.69) is 31.3 Å². The van der Waals surface area contributed by atoms with Crippen molar-refractivity contribution >= 4 is 33.9 Å². The summed E-state index contributed by atoms with van der Waals surface area (Å²) < 4.78 is 10.5. The Balaban J connectivity index is 1.68. The number of carbonyl (C=O) groups excluding carboxylic acids is 3. The molecule has 0 heterocycles. The Hall–Kier alpha value is -2.87. The topological polar surface area (TPSA) is 93.7 Å². The maximum absolute atomic E-state index is 12.1. The summed E-state index contributed by atoms with van der Waals surface area (Å²) in [7, 11) is 0. The SMILES string of the molecule is CCOC(=O)Oc1ccc(C(=O)NCCCNC(=O)c2ccc(Br)cc2)cc1. The van der Waals surface area contributed by atoms with E-state index in [1.807, 2.05) is 0 Å². The fourth-order valence-corrected chi connectivity index (χ4v) is 2.48. The number of carbonyl (C=O) groups is 3. The molecular formula is C20H21BrN2O5. The third kappa shape index (κ3) is 7.03. The van der Waals surface area contributed by atoms with Crippen molar-refractivity contribution in [1.29, 1.82) is 0 Å². The molecule has 0 bridgehead atoms. The molecule has 0 saturated carbocycles. The van der Waals surface area contributed by atoms with Crippen molar-refractivity contribution < 1.29 is 23.9 Å². The summed E-state index contributed by atoms with van der Waals surface area (Å²) in [5.74, 6) is -0.108. The Morgan fingerprint density at radius 2 is 1.36 bits per heavy atom. The summed E-state index contributed by atoms with van der Waals surface area (Å²) in [6, 6.07) is 13.2. The van der Waals surface area contributed by atoms with E-state index in [1.165, 1.54) is 12.1 Å². The highest BCUT2D eigenvalue weighted by Gasteiger charge is 2.08. The van der Waals surface area contributed by atoms with Crippen LogP contribution in [0.4, 0.5) is 4.79 Å². The van der Waals surface area contributed by atoms with Crippen LogP contribution < -0.4 is 15.4 Å². The minimum atomic E-state index is -0.787. The number of rotatable bonds is 8. The van der Waals surface area contributed by atoms with Crippen LogP contribution in [0.25, 0.3) is 0 Å². The molecule has 8 heteroatoms. The molecule has 148 valence electrons. The first-order valence-corrected chi connectivity index (χ1v) is 9.55. The fourth-order valence-electron chi connectivity index (χ4n) is 2.22. The monoisotopic (exact) mass is 448 g/mol. The van der Waals surface area contributed by atoms with Gasteiger partial charge in [-0.25, -0.2) is 4.79 Å².